The van der Waals surface area contributed by atoms with Crippen LogP contribution in [0.3, 0.4) is 0 Å². The summed E-state index contributed by atoms with van der Waals surface area (Å²) in [6, 6.07) is 2.52. The zero-order valence-corrected chi connectivity index (χ0v) is 10.2. The van der Waals surface area contributed by atoms with Gasteiger partial charge in [-0.3, -0.25) is 4.98 Å². The van der Waals surface area contributed by atoms with Gasteiger partial charge in [0.25, 0.3) is 0 Å². The Balaban J connectivity index is 2.96. The van der Waals surface area contributed by atoms with E-state index in [-0.39, 0.29) is 0 Å². The van der Waals surface area contributed by atoms with E-state index in [1.165, 1.54) is 24.0 Å². The number of rotatable bonds is 5. The SMILES string of the molecule is CCC(CC)C(NC)c1cnccc1C. The van der Waals surface area contributed by atoms with E-state index in [0.29, 0.717) is 12.0 Å². The molecular formula is C13H22N2. The van der Waals surface area contributed by atoms with Gasteiger partial charge in [-0.25, -0.2) is 0 Å². The van der Waals surface area contributed by atoms with E-state index in [0.717, 1.165) is 0 Å². The summed E-state index contributed by atoms with van der Waals surface area (Å²) in [5, 5.41) is 3.42. The smallest absolute Gasteiger partial charge is 0.0363 e. The summed E-state index contributed by atoms with van der Waals surface area (Å²) >= 11 is 0. The molecule has 1 atom stereocenters. The van der Waals surface area contributed by atoms with Crippen molar-refractivity contribution in [2.75, 3.05) is 7.05 Å². The highest BCUT2D eigenvalue weighted by Gasteiger charge is 2.19. The highest BCUT2D eigenvalue weighted by molar-refractivity contribution is 5.25. The van der Waals surface area contributed by atoms with E-state index in [1.807, 2.05) is 19.4 Å². The fraction of sp³-hybridized carbons (Fsp3) is 0.615. The number of aromatic nitrogens is 1. The van der Waals surface area contributed by atoms with Gasteiger partial charge >= 0.3 is 0 Å². The van der Waals surface area contributed by atoms with E-state index in [2.05, 4.69) is 37.1 Å². The van der Waals surface area contributed by atoms with Crippen molar-refractivity contribution < 1.29 is 0 Å². The Morgan fingerprint density at radius 3 is 2.47 bits per heavy atom. The van der Waals surface area contributed by atoms with Crippen molar-refractivity contribution in [3.05, 3.63) is 29.6 Å². The Morgan fingerprint density at radius 1 is 1.33 bits per heavy atom. The number of nitrogens with one attached hydrogen (secondary N) is 1. The average molecular weight is 206 g/mol. The second kappa shape index (κ2) is 5.86. The first-order chi connectivity index (χ1) is 7.24. The maximum absolute atomic E-state index is 4.23. The Bertz CT molecular complexity index is 292. The summed E-state index contributed by atoms with van der Waals surface area (Å²) in [6.45, 7) is 6.66. The highest BCUT2D eigenvalue weighted by Crippen LogP contribution is 2.28. The monoisotopic (exact) mass is 206 g/mol. The molecule has 0 aliphatic rings. The standard InChI is InChI=1S/C13H22N2/c1-5-11(6-2)13(14-4)12-9-15-8-7-10(12)3/h7-9,11,13-14H,5-6H2,1-4H3. The van der Waals surface area contributed by atoms with Crippen molar-refractivity contribution in [1.29, 1.82) is 0 Å². The zero-order valence-electron chi connectivity index (χ0n) is 10.2. The molecule has 0 saturated heterocycles. The lowest BCUT2D eigenvalue weighted by molar-refractivity contribution is 0.358. The fourth-order valence-electron chi connectivity index (χ4n) is 2.21. The van der Waals surface area contributed by atoms with Gasteiger partial charge < -0.3 is 5.32 Å². The van der Waals surface area contributed by atoms with Crippen molar-refractivity contribution in [3.8, 4) is 0 Å². The minimum Gasteiger partial charge on any atom is -0.313 e. The summed E-state index contributed by atoms with van der Waals surface area (Å²) in [7, 11) is 2.04. The highest BCUT2D eigenvalue weighted by atomic mass is 14.9. The summed E-state index contributed by atoms with van der Waals surface area (Å²) in [4.78, 5) is 4.23. The minimum atomic E-state index is 0.439. The molecule has 0 aliphatic carbocycles. The van der Waals surface area contributed by atoms with E-state index in [1.54, 1.807) is 0 Å². The van der Waals surface area contributed by atoms with Gasteiger partial charge in [-0.1, -0.05) is 26.7 Å². The summed E-state index contributed by atoms with van der Waals surface area (Å²) in [6.07, 6.45) is 6.26. The van der Waals surface area contributed by atoms with E-state index < -0.39 is 0 Å². The van der Waals surface area contributed by atoms with Crippen LogP contribution in [-0.4, -0.2) is 12.0 Å². The van der Waals surface area contributed by atoms with Crippen LogP contribution in [0.25, 0.3) is 0 Å². The van der Waals surface area contributed by atoms with E-state index in [9.17, 15) is 0 Å². The Morgan fingerprint density at radius 2 is 2.00 bits per heavy atom. The Hall–Kier alpha value is -0.890. The molecule has 1 unspecified atom stereocenters. The lowest BCUT2D eigenvalue weighted by Gasteiger charge is -2.26. The molecule has 2 heteroatoms. The quantitative estimate of drug-likeness (QED) is 0.800. The van der Waals surface area contributed by atoms with Crippen LogP contribution in [0.2, 0.25) is 0 Å². The van der Waals surface area contributed by atoms with Crippen LogP contribution in [-0.2, 0) is 0 Å². The Kier molecular flexibility index (Phi) is 4.76. The Labute approximate surface area is 93.1 Å². The van der Waals surface area contributed by atoms with E-state index >= 15 is 0 Å². The van der Waals surface area contributed by atoms with Crippen molar-refractivity contribution in [2.45, 2.75) is 39.7 Å². The van der Waals surface area contributed by atoms with Gasteiger partial charge in [0.1, 0.15) is 0 Å². The molecule has 2 nitrogen and oxygen atoms in total. The molecule has 1 heterocycles. The summed E-state index contributed by atoms with van der Waals surface area (Å²) in [5.74, 6) is 0.692. The molecule has 0 radical (unpaired) electrons. The largest absolute Gasteiger partial charge is 0.313 e. The van der Waals surface area contributed by atoms with Crippen LogP contribution < -0.4 is 5.32 Å². The predicted octanol–water partition coefficient (Wildman–Crippen LogP) is 3.09. The molecule has 84 valence electrons. The molecular weight excluding hydrogens is 184 g/mol. The summed E-state index contributed by atoms with van der Waals surface area (Å²) < 4.78 is 0. The van der Waals surface area contributed by atoms with Crippen LogP contribution in [0.1, 0.15) is 43.9 Å². The molecule has 1 aromatic heterocycles. The lowest BCUT2D eigenvalue weighted by atomic mass is 9.88. The average Bonchev–Trinajstić information content (AvgIpc) is 2.27. The van der Waals surface area contributed by atoms with Crippen LogP contribution in [0.4, 0.5) is 0 Å². The maximum atomic E-state index is 4.23. The number of aryl methyl sites for hydroxylation is 1. The van der Waals surface area contributed by atoms with Crippen LogP contribution in [0.5, 0.6) is 0 Å². The third-order valence-electron chi connectivity index (χ3n) is 3.25. The van der Waals surface area contributed by atoms with Gasteiger partial charge in [0, 0.05) is 18.4 Å². The number of hydrogen-bond donors (Lipinski definition) is 1. The third-order valence-corrected chi connectivity index (χ3v) is 3.25. The molecule has 0 aliphatic heterocycles. The van der Waals surface area contributed by atoms with Crippen LogP contribution >= 0.6 is 0 Å². The molecule has 0 spiro atoms. The topological polar surface area (TPSA) is 24.9 Å². The first kappa shape index (κ1) is 12.2. The number of hydrogen-bond acceptors (Lipinski definition) is 2. The molecule has 1 N–H and O–H groups in total. The van der Waals surface area contributed by atoms with Crippen molar-refractivity contribution in [3.63, 3.8) is 0 Å². The van der Waals surface area contributed by atoms with Gasteiger partial charge in [-0.05, 0) is 37.1 Å². The van der Waals surface area contributed by atoms with Crippen LogP contribution in [0.15, 0.2) is 18.5 Å². The number of pyridine rings is 1. The fourth-order valence-corrected chi connectivity index (χ4v) is 2.21. The minimum absolute atomic E-state index is 0.439. The van der Waals surface area contributed by atoms with Crippen molar-refractivity contribution in [1.82, 2.24) is 10.3 Å². The molecule has 1 rings (SSSR count). The van der Waals surface area contributed by atoms with E-state index in [4.69, 9.17) is 0 Å². The van der Waals surface area contributed by atoms with Gasteiger partial charge in [0.05, 0.1) is 0 Å². The summed E-state index contributed by atoms with van der Waals surface area (Å²) in [5.41, 5.74) is 2.67. The second-order valence-electron chi connectivity index (χ2n) is 4.08. The molecule has 0 amide bonds. The van der Waals surface area contributed by atoms with Crippen molar-refractivity contribution in [2.24, 2.45) is 5.92 Å². The van der Waals surface area contributed by atoms with Gasteiger partial charge in [-0.15, -0.1) is 0 Å². The maximum Gasteiger partial charge on any atom is 0.0363 e. The van der Waals surface area contributed by atoms with Gasteiger partial charge in [0.2, 0.25) is 0 Å². The molecule has 15 heavy (non-hydrogen) atoms. The van der Waals surface area contributed by atoms with Crippen molar-refractivity contribution >= 4 is 0 Å². The predicted molar refractivity (Wildman–Crippen MR) is 64.8 cm³/mol. The first-order valence-electron chi connectivity index (χ1n) is 5.82. The number of nitrogens with zero attached hydrogens (tertiary/aromatic N) is 1. The first-order valence-corrected chi connectivity index (χ1v) is 5.82. The van der Waals surface area contributed by atoms with Crippen LogP contribution in [0, 0.1) is 12.8 Å². The molecule has 1 aromatic rings. The molecule has 0 fully saturated rings. The lowest BCUT2D eigenvalue weighted by Crippen LogP contribution is -2.25. The normalized spacial score (nSPS) is 13.1. The van der Waals surface area contributed by atoms with Gasteiger partial charge in [-0.2, -0.15) is 0 Å². The molecule has 0 saturated carbocycles. The zero-order chi connectivity index (χ0) is 11.3. The second-order valence-corrected chi connectivity index (χ2v) is 4.08. The molecule has 0 bridgehead atoms. The van der Waals surface area contributed by atoms with Gasteiger partial charge in [0.15, 0.2) is 0 Å². The molecule has 0 aromatic carbocycles. The third kappa shape index (κ3) is 2.78.